The first-order valence-electron chi connectivity index (χ1n) is 7.42. The number of ether oxygens (including phenoxy) is 1. The molecule has 2 rings (SSSR count). The summed E-state index contributed by atoms with van der Waals surface area (Å²) in [4.78, 5) is 4.85. The number of aliphatic hydroxyl groups is 1. The fourth-order valence-electron chi connectivity index (χ4n) is 3.09. The second-order valence-corrected chi connectivity index (χ2v) is 5.49. The van der Waals surface area contributed by atoms with E-state index in [0.29, 0.717) is 6.04 Å². The third-order valence-corrected chi connectivity index (χ3v) is 4.19. The van der Waals surface area contributed by atoms with Crippen LogP contribution in [0.5, 0.6) is 5.75 Å². The second kappa shape index (κ2) is 6.46. The number of aliphatic hydroxyl groups excluding tert-OH is 1. The summed E-state index contributed by atoms with van der Waals surface area (Å²) in [6, 6.07) is 6.52. The van der Waals surface area contributed by atoms with Crippen LogP contribution in [0.4, 0.5) is 5.69 Å². The zero-order valence-electron chi connectivity index (χ0n) is 13.0. The van der Waals surface area contributed by atoms with Crippen molar-refractivity contribution < 1.29 is 9.84 Å². The normalized spacial score (nSPS) is 21.9. The van der Waals surface area contributed by atoms with Crippen molar-refractivity contribution in [3.63, 3.8) is 0 Å². The molecule has 1 aromatic carbocycles. The van der Waals surface area contributed by atoms with Gasteiger partial charge in [0.15, 0.2) is 0 Å². The van der Waals surface area contributed by atoms with Crippen LogP contribution >= 0.6 is 0 Å². The van der Waals surface area contributed by atoms with Crippen LogP contribution in [0.1, 0.15) is 32.4 Å². The summed E-state index contributed by atoms with van der Waals surface area (Å²) in [5, 5.41) is 10.1. The van der Waals surface area contributed by atoms with Crippen LogP contribution in [-0.4, -0.2) is 49.3 Å². The van der Waals surface area contributed by atoms with Crippen molar-refractivity contribution in [3.05, 3.63) is 23.8 Å². The number of anilines is 1. The van der Waals surface area contributed by atoms with E-state index in [2.05, 4.69) is 29.7 Å². The molecule has 1 aliphatic heterocycles. The Morgan fingerprint density at radius 1 is 1.40 bits per heavy atom. The molecule has 4 heteroatoms. The van der Waals surface area contributed by atoms with E-state index in [0.717, 1.165) is 43.2 Å². The fraction of sp³-hybridized carbons (Fsp3) is 0.625. The number of benzene rings is 1. The molecule has 1 heterocycles. The smallest absolute Gasteiger partial charge is 0.126 e. The highest BCUT2D eigenvalue weighted by atomic mass is 16.5. The van der Waals surface area contributed by atoms with E-state index < -0.39 is 6.10 Å². The van der Waals surface area contributed by atoms with Gasteiger partial charge in [-0.2, -0.15) is 0 Å². The number of rotatable bonds is 4. The summed E-state index contributed by atoms with van der Waals surface area (Å²) in [6.07, 6.45) is -0.527. The molecule has 0 aromatic heterocycles. The highest BCUT2D eigenvalue weighted by Gasteiger charge is 2.26. The Balaban J connectivity index is 2.29. The molecule has 0 aliphatic carbocycles. The van der Waals surface area contributed by atoms with Gasteiger partial charge in [-0.05, 0) is 32.5 Å². The van der Waals surface area contributed by atoms with Gasteiger partial charge in [0.2, 0.25) is 0 Å². The van der Waals surface area contributed by atoms with E-state index in [1.54, 1.807) is 14.0 Å². The predicted octanol–water partition coefficient (Wildman–Crippen LogP) is 2.28. The van der Waals surface area contributed by atoms with Gasteiger partial charge in [0, 0.05) is 36.9 Å². The van der Waals surface area contributed by atoms with Crippen molar-refractivity contribution in [2.45, 2.75) is 32.9 Å². The van der Waals surface area contributed by atoms with Gasteiger partial charge < -0.3 is 14.7 Å². The SMILES string of the molecule is CCN1CCN(c2cccc(OC)c2C(C)O)CC1C. The maximum absolute atomic E-state index is 10.1. The lowest BCUT2D eigenvalue weighted by Gasteiger charge is -2.41. The molecule has 0 saturated carbocycles. The highest BCUT2D eigenvalue weighted by Crippen LogP contribution is 2.35. The van der Waals surface area contributed by atoms with Crippen molar-refractivity contribution in [1.82, 2.24) is 4.90 Å². The number of hydrogen-bond acceptors (Lipinski definition) is 4. The molecule has 1 aliphatic rings. The summed E-state index contributed by atoms with van der Waals surface area (Å²) >= 11 is 0. The van der Waals surface area contributed by atoms with Crippen LogP contribution in [0.3, 0.4) is 0 Å². The van der Waals surface area contributed by atoms with Gasteiger partial charge in [-0.1, -0.05) is 13.0 Å². The Hall–Kier alpha value is -1.26. The maximum Gasteiger partial charge on any atom is 0.126 e. The maximum atomic E-state index is 10.1. The lowest BCUT2D eigenvalue weighted by molar-refractivity contribution is 0.189. The van der Waals surface area contributed by atoms with Crippen LogP contribution < -0.4 is 9.64 Å². The van der Waals surface area contributed by atoms with Gasteiger partial charge in [0.1, 0.15) is 5.75 Å². The molecule has 4 nitrogen and oxygen atoms in total. The molecule has 0 amide bonds. The molecular formula is C16H26N2O2. The minimum absolute atomic E-state index is 0.527. The van der Waals surface area contributed by atoms with Crippen molar-refractivity contribution in [2.24, 2.45) is 0 Å². The molecule has 2 unspecified atom stereocenters. The molecule has 112 valence electrons. The molecule has 20 heavy (non-hydrogen) atoms. The van der Waals surface area contributed by atoms with E-state index in [1.165, 1.54) is 0 Å². The third-order valence-electron chi connectivity index (χ3n) is 4.19. The molecule has 1 fully saturated rings. The van der Waals surface area contributed by atoms with E-state index >= 15 is 0 Å². The first-order chi connectivity index (χ1) is 9.58. The van der Waals surface area contributed by atoms with Crippen LogP contribution in [-0.2, 0) is 0 Å². The molecule has 0 radical (unpaired) electrons. The van der Waals surface area contributed by atoms with Crippen molar-refractivity contribution >= 4 is 5.69 Å². The average Bonchev–Trinajstić information content (AvgIpc) is 2.46. The Labute approximate surface area is 122 Å². The summed E-state index contributed by atoms with van der Waals surface area (Å²) in [7, 11) is 1.66. The van der Waals surface area contributed by atoms with E-state index in [1.807, 2.05) is 12.1 Å². The second-order valence-electron chi connectivity index (χ2n) is 5.49. The Kier molecular flexibility index (Phi) is 4.89. The Morgan fingerprint density at radius 2 is 2.15 bits per heavy atom. The Bertz CT molecular complexity index is 448. The molecule has 1 N–H and O–H groups in total. The van der Waals surface area contributed by atoms with Crippen molar-refractivity contribution in [1.29, 1.82) is 0 Å². The van der Waals surface area contributed by atoms with Gasteiger partial charge in [0.05, 0.1) is 13.2 Å². The first kappa shape index (κ1) is 15.1. The highest BCUT2D eigenvalue weighted by molar-refractivity contribution is 5.60. The molecule has 0 bridgehead atoms. The minimum atomic E-state index is -0.527. The number of hydrogen-bond donors (Lipinski definition) is 1. The van der Waals surface area contributed by atoms with Gasteiger partial charge in [-0.15, -0.1) is 0 Å². The van der Waals surface area contributed by atoms with Crippen LogP contribution in [0.15, 0.2) is 18.2 Å². The van der Waals surface area contributed by atoms with E-state index in [-0.39, 0.29) is 0 Å². The summed E-state index contributed by atoms with van der Waals surface area (Å²) in [5.41, 5.74) is 1.99. The number of methoxy groups -OCH3 is 1. The first-order valence-corrected chi connectivity index (χ1v) is 7.42. The number of nitrogens with zero attached hydrogens (tertiary/aromatic N) is 2. The van der Waals surface area contributed by atoms with Crippen molar-refractivity contribution in [2.75, 3.05) is 38.2 Å². The standard InChI is InChI=1S/C16H26N2O2/c1-5-17-9-10-18(11-12(17)2)14-7-6-8-15(20-4)16(14)13(3)19/h6-8,12-13,19H,5,9-11H2,1-4H3. The summed E-state index contributed by atoms with van der Waals surface area (Å²) < 4.78 is 5.41. The Morgan fingerprint density at radius 3 is 2.70 bits per heavy atom. The molecule has 1 saturated heterocycles. The zero-order valence-corrected chi connectivity index (χ0v) is 13.0. The molecule has 1 aromatic rings. The van der Waals surface area contributed by atoms with Gasteiger partial charge in [-0.3, -0.25) is 4.90 Å². The van der Waals surface area contributed by atoms with E-state index in [9.17, 15) is 5.11 Å². The number of piperazine rings is 1. The molecular weight excluding hydrogens is 252 g/mol. The van der Waals surface area contributed by atoms with Crippen molar-refractivity contribution in [3.8, 4) is 5.75 Å². The largest absolute Gasteiger partial charge is 0.496 e. The molecule has 0 spiro atoms. The van der Waals surface area contributed by atoms with Gasteiger partial charge in [-0.25, -0.2) is 0 Å². The van der Waals surface area contributed by atoms with Gasteiger partial charge in [0.25, 0.3) is 0 Å². The topological polar surface area (TPSA) is 35.9 Å². The summed E-state index contributed by atoms with van der Waals surface area (Å²) in [6.45, 7) is 10.4. The fourth-order valence-corrected chi connectivity index (χ4v) is 3.09. The number of likely N-dealkylation sites (N-methyl/N-ethyl adjacent to an activating group) is 1. The van der Waals surface area contributed by atoms with Crippen LogP contribution in [0.25, 0.3) is 0 Å². The van der Waals surface area contributed by atoms with E-state index in [4.69, 9.17) is 4.74 Å². The lowest BCUT2D eigenvalue weighted by atomic mass is 10.0. The average molecular weight is 278 g/mol. The van der Waals surface area contributed by atoms with Crippen LogP contribution in [0, 0.1) is 0 Å². The predicted molar refractivity (Wildman–Crippen MR) is 82.5 cm³/mol. The summed E-state index contributed by atoms with van der Waals surface area (Å²) in [5.74, 6) is 0.767. The van der Waals surface area contributed by atoms with Gasteiger partial charge >= 0.3 is 0 Å². The lowest BCUT2D eigenvalue weighted by Crippen LogP contribution is -2.52. The zero-order chi connectivity index (χ0) is 14.7. The quantitative estimate of drug-likeness (QED) is 0.916. The minimum Gasteiger partial charge on any atom is -0.496 e. The van der Waals surface area contributed by atoms with Crippen LogP contribution in [0.2, 0.25) is 0 Å². The monoisotopic (exact) mass is 278 g/mol. The third kappa shape index (κ3) is 2.91. The molecule has 2 atom stereocenters.